The predicted molar refractivity (Wildman–Crippen MR) is 116 cm³/mol. The highest BCUT2D eigenvalue weighted by Crippen LogP contribution is 2.31. The number of ether oxygens (including phenoxy) is 1. The van der Waals surface area contributed by atoms with Crippen molar-refractivity contribution in [3.63, 3.8) is 0 Å². The monoisotopic (exact) mass is 462 g/mol. The van der Waals surface area contributed by atoms with Gasteiger partial charge in [-0.2, -0.15) is 13.2 Å². The number of hydrogen-bond acceptors (Lipinski definition) is 4. The lowest BCUT2D eigenvalue weighted by Crippen LogP contribution is -2.50. The average Bonchev–Trinajstić information content (AvgIpc) is 2.74. The van der Waals surface area contributed by atoms with Crippen LogP contribution in [0.2, 0.25) is 5.02 Å². The molecule has 2 aliphatic heterocycles. The number of amides is 2. The van der Waals surface area contributed by atoms with Gasteiger partial charge in [-0.1, -0.05) is 11.6 Å². The summed E-state index contributed by atoms with van der Waals surface area (Å²) < 4.78 is 40.8. The van der Waals surface area contributed by atoms with Gasteiger partial charge >= 0.3 is 12.2 Å². The molecule has 2 heterocycles. The van der Waals surface area contributed by atoms with E-state index in [1.807, 2.05) is 12.1 Å². The number of nitrogens with one attached hydrogen (secondary N) is 1. The lowest BCUT2D eigenvalue weighted by molar-refractivity contribution is -0.174. The molecule has 0 aliphatic carbocycles. The second-order valence-electron chi connectivity index (χ2n) is 7.99. The molecular weight excluding hydrogens is 433 g/mol. The molecule has 0 aromatic heterocycles. The Hall–Kier alpha value is -1.71. The van der Waals surface area contributed by atoms with Crippen molar-refractivity contribution in [3.8, 4) is 0 Å². The van der Waals surface area contributed by atoms with Gasteiger partial charge in [0, 0.05) is 58.1 Å². The lowest BCUT2D eigenvalue weighted by atomic mass is 10.1. The van der Waals surface area contributed by atoms with Gasteiger partial charge in [0.1, 0.15) is 6.61 Å². The summed E-state index contributed by atoms with van der Waals surface area (Å²) in [4.78, 5) is 18.7. The van der Waals surface area contributed by atoms with Crippen molar-refractivity contribution in [3.05, 3.63) is 23.2 Å². The third-order valence-electron chi connectivity index (χ3n) is 5.58. The fraction of sp³-hybridized carbons (Fsp3) is 0.667. The number of piperidine rings is 1. The van der Waals surface area contributed by atoms with E-state index in [0.717, 1.165) is 18.8 Å². The van der Waals surface area contributed by atoms with Crippen LogP contribution in [0.15, 0.2) is 18.2 Å². The van der Waals surface area contributed by atoms with Crippen LogP contribution in [0.1, 0.15) is 25.7 Å². The van der Waals surface area contributed by atoms with E-state index in [1.165, 1.54) is 19.3 Å². The minimum Gasteiger partial charge on any atom is -0.372 e. The molecule has 3 rings (SSSR count). The van der Waals surface area contributed by atoms with Gasteiger partial charge < -0.3 is 19.9 Å². The zero-order valence-electron chi connectivity index (χ0n) is 17.6. The standard InChI is InChI=1S/C21H30ClF3N4O2/c22-18-15-17(5-6-19(18)28-8-2-1-3-9-28)26-20(30)29-12-10-27(11-13-29)7-4-14-31-16-21(23,24)25/h5-6,15H,1-4,7-14,16H2,(H,26,30). The fourth-order valence-electron chi connectivity index (χ4n) is 3.93. The minimum absolute atomic E-state index is 0.0778. The molecule has 31 heavy (non-hydrogen) atoms. The van der Waals surface area contributed by atoms with Crippen molar-refractivity contribution in [2.45, 2.75) is 31.9 Å². The van der Waals surface area contributed by atoms with Gasteiger partial charge in [-0.05, 0) is 43.9 Å². The minimum atomic E-state index is -4.28. The average molecular weight is 463 g/mol. The molecule has 0 bridgehead atoms. The summed E-state index contributed by atoms with van der Waals surface area (Å²) in [6.45, 7) is 4.03. The Morgan fingerprint density at radius 3 is 2.42 bits per heavy atom. The van der Waals surface area contributed by atoms with Crippen molar-refractivity contribution in [2.24, 2.45) is 0 Å². The van der Waals surface area contributed by atoms with E-state index in [2.05, 4.69) is 19.9 Å². The summed E-state index contributed by atoms with van der Waals surface area (Å²) in [7, 11) is 0. The number of urea groups is 1. The van der Waals surface area contributed by atoms with E-state index in [0.29, 0.717) is 49.9 Å². The van der Waals surface area contributed by atoms with Crippen LogP contribution in [-0.4, -0.2) is 81.0 Å². The van der Waals surface area contributed by atoms with Gasteiger partial charge in [0.2, 0.25) is 0 Å². The first-order valence-corrected chi connectivity index (χ1v) is 11.2. The zero-order valence-corrected chi connectivity index (χ0v) is 18.4. The van der Waals surface area contributed by atoms with Crippen molar-refractivity contribution >= 4 is 29.0 Å². The highest BCUT2D eigenvalue weighted by molar-refractivity contribution is 6.33. The Morgan fingerprint density at radius 1 is 1.06 bits per heavy atom. The van der Waals surface area contributed by atoms with Gasteiger partial charge in [0.25, 0.3) is 0 Å². The number of nitrogens with zero attached hydrogens (tertiary/aromatic N) is 3. The topological polar surface area (TPSA) is 48.1 Å². The second kappa shape index (κ2) is 11.2. The molecule has 2 saturated heterocycles. The maximum absolute atomic E-state index is 12.6. The molecule has 2 fully saturated rings. The van der Waals surface area contributed by atoms with Crippen LogP contribution < -0.4 is 10.2 Å². The Kier molecular flexibility index (Phi) is 8.68. The molecule has 1 aromatic rings. The summed E-state index contributed by atoms with van der Waals surface area (Å²) in [5.74, 6) is 0. The molecule has 0 unspecified atom stereocenters. The molecular formula is C21H30ClF3N4O2. The number of rotatable bonds is 7. The number of carbonyl (C=O) groups is 1. The molecule has 6 nitrogen and oxygen atoms in total. The number of carbonyl (C=O) groups excluding carboxylic acids is 1. The van der Waals surface area contributed by atoms with Gasteiger partial charge in [-0.3, -0.25) is 4.90 Å². The zero-order chi connectivity index (χ0) is 22.3. The third kappa shape index (κ3) is 7.73. The molecule has 2 amide bonds. The highest BCUT2D eigenvalue weighted by atomic mass is 35.5. The first-order chi connectivity index (χ1) is 14.8. The molecule has 0 radical (unpaired) electrons. The number of halogens is 4. The van der Waals surface area contributed by atoms with Crippen LogP contribution in [0.25, 0.3) is 0 Å². The Bertz CT molecular complexity index is 721. The number of alkyl halides is 3. The molecule has 174 valence electrons. The normalized spacial score (nSPS) is 18.3. The van der Waals surface area contributed by atoms with Gasteiger partial charge in [-0.15, -0.1) is 0 Å². The van der Waals surface area contributed by atoms with Crippen molar-refractivity contribution in [2.75, 3.05) is 69.2 Å². The van der Waals surface area contributed by atoms with E-state index < -0.39 is 12.8 Å². The summed E-state index contributed by atoms with van der Waals surface area (Å²) in [6.07, 6.45) is -0.161. The number of anilines is 2. The fourth-order valence-corrected chi connectivity index (χ4v) is 4.23. The van der Waals surface area contributed by atoms with E-state index in [-0.39, 0.29) is 12.6 Å². The third-order valence-corrected chi connectivity index (χ3v) is 5.89. The highest BCUT2D eigenvalue weighted by Gasteiger charge is 2.27. The smallest absolute Gasteiger partial charge is 0.372 e. The van der Waals surface area contributed by atoms with E-state index in [9.17, 15) is 18.0 Å². The van der Waals surface area contributed by atoms with E-state index in [1.54, 1.807) is 11.0 Å². The Balaban J connectivity index is 1.38. The van der Waals surface area contributed by atoms with Crippen molar-refractivity contribution in [1.29, 1.82) is 0 Å². The molecule has 1 N–H and O–H groups in total. The number of benzene rings is 1. The lowest BCUT2D eigenvalue weighted by Gasteiger charge is -2.34. The summed E-state index contributed by atoms with van der Waals surface area (Å²) in [6, 6.07) is 5.46. The summed E-state index contributed by atoms with van der Waals surface area (Å²) in [5, 5.41) is 3.55. The predicted octanol–water partition coefficient (Wildman–Crippen LogP) is 4.45. The van der Waals surface area contributed by atoms with Crippen LogP contribution in [0.3, 0.4) is 0 Å². The summed E-state index contributed by atoms with van der Waals surface area (Å²) in [5.41, 5.74) is 1.67. The molecule has 1 aromatic carbocycles. The number of hydrogen-bond donors (Lipinski definition) is 1. The molecule has 2 aliphatic rings. The van der Waals surface area contributed by atoms with E-state index >= 15 is 0 Å². The first kappa shape index (κ1) is 23.9. The molecule has 0 atom stereocenters. The second-order valence-corrected chi connectivity index (χ2v) is 8.40. The van der Waals surface area contributed by atoms with Crippen molar-refractivity contribution < 1.29 is 22.7 Å². The first-order valence-electron chi connectivity index (χ1n) is 10.8. The van der Waals surface area contributed by atoms with Gasteiger partial charge in [-0.25, -0.2) is 4.79 Å². The molecule has 0 spiro atoms. The van der Waals surface area contributed by atoms with Crippen LogP contribution in [-0.2, 0) is 4.74 Å². The quantitative estimate of drug-likeness (QED) is 0.608. The van der Waals surface area contributed by atoms with Crippen LogP contribution in [0.5, 0.6) is 0 Å². The molecule has 0 saturated carbocycles. The Morgan fingerprint density at radius 2 is 1.77 bits per heavy atom. The maximum Gasteiger partial charge on any atom is 0.411 e. The van der Waals surface area contributed by atoms with Crippen LogP contribution in [0.4, 0.5) is 29.3 Å². The van der Waals surface area contributed by atoms with Crippen LogP contribution >= 0.6 is 11.6 Å². The van der Waals surface area contributed by atoms with E-state index in [4.69, 9.17) is 11.6 Å². The van der Waals surface area contributed by atoms with Crippen LogP contribution in [0, 0.1) is 0 Å². The Labute approximate surface area is 186 Å². The van der Waals surface area contributed by atoms with Crippen molar-refractivity contribution in [1.82, 2.24) is 9.80 Å². The molecule has 10 heteroatoms. The van der Waals surface area contributed by atoms with Gasteiger partial charge in [0.15, 0.2) is 0 Å². The SMILES string of the molecule is O=C(Nc1ccc(N2CCCCC2)c(Cl)c1)N1CCN(CCCOCC(F)(F)F)CC1. The number of piperazine rings is 1. The largest absolute Gasteiger partial charge is 0.411 e. The van der Waals surface area contributed by atoms with Gasteiger partial charge in [0.05, 0.1) is 10.7 Å². The summed E-state index contributed by atoms with van der Waals surface area (Å²) >= 11 is 6.46. The maximum atomic E-state index is 12.6.